The van der Waals surface area contributed by atoms with Crippen molar-refractivity contribution in [3.05, 3.63) is 107 Å². The molecule has 1 aromatic heterocycles. The standard InChI is InChI=1S/C23H17ClN2/c1-16(18-7-3-2-4-8-18)20(15-17-11-13-19(24)14-12-17)23-25-21-9-5-6-10-22(21)26-23/h2-15H,1H2,(H,25,26)/b20-15-. The van der Waals surface area contributed by atoms with Crippen LogP contribution in [0.2, 0.25) is 5.02 Å². The van der Waals surface area contributed by atoms with E-state index in [0.29, 0.717) is 5.02 Å². The van der Waals surface area contributed by atoms with Crippen LogP contribution in [0, 0.1) is 0 Å². The SMILES string of the molecule is C=C(/C(=C/c1ccc(Cl)cc1)c1nc2ccccc2[nH]1)c1ccccc1. The highest BCUT2D eigenvalue weighted by Crippen LogP contribution is 2.31. The quantitative estimate of drug-likeness (QED) is 0.417. The Morgan fingerprint density at radius 3 is 2.31 bits per heavy atom. The van der Waals surface area contributed by atoms with Crippen LogP contribution in [0.3, 0.4) is 0 Å². The van der Waals surface area contributed by atoms with Crippen molar-refractivity contribution in [2.45, 2.75) is 0 Å². The van der Waals surface area contributed by atoms with Crippen molar-refractivity contribution in [3.63, 3.8) is 0 Å². The summed E-state index contributed by atoms with van der Waals surface area (Å²) in [5.74, 6) is 0.801. The molecule has 1 heterocycles. The minimum atomic E-state index is 0.717. The second-order valence-electron chi connectivity index (χ2n) is 6.06. The molecule has 0 unspecified atom stereocenters. The zero-order valence-corrected chi connectivity index (χ0v) is 14.9. The zero-order chi connectivity index (χ0) is 17.9. The molecule has 2 nitrogen and oxygen atoms in total. The number of aromatic amines is 1. The van der Waals surface area contributed by atoms with Gasteiger partial charge in [-0.1, -0.05) is 72.8 Å². The van der Waals surface area contributed by atoms with Gasteiger partial charge in [0.05, 0.1) is 11.0 Å². The van der Waals surface area contributed by atoms with Crippen LogP contribution in [0.1, 0.15) is 17.0 Å². The van der Waals surface area contributed by atoms with Crippen molar-refractivity contribution in [2.24, 2.45) is 0 Å². The van der Waals surface area contributed by atoms with Crippen LogP contribution in [0.5, 0.6) is 0 Å². The molecule has 0 aliphatic heterocycles. The maximum Gasteiger partial charge on any atom is 0.139 e. The normalized spacial score (nSPS) is 11.7. The fourth-order valence-electron chi connectivity index (χ4n) is 2.90. The van der Waals surface area contributed by atoms with Crippen LogP contribution in [-0.2, 0) is 0 Å². The van der Waals surface area contributed by atoms with Crippen LogP contribution in [0.25, 0.3) is 28.3 Å². The third-order valence-electron chi connectivity index (χ3n) is 4.27. The zero-order valence-electron chi connectivity index (χ0n) is 14.1. The Morgan fingerprint density at radius 1 is 0.885 bits per heavy atom. The van der Waals surface area contributed by atoms with Gasteiger partial charge in [0.1, 0.15) is 5.82 Å². The Labute approximate surface area is 157 Å². The molecule has 3 aromatic carbocycles. The van der Waals surface area contributed by atoms with E-state index in [4.69, 9.17) is 16.6 Å². The summed E-state index contributed by atoms with van der Waals surface area (Å²) in [5, 5.41) is 0.717. The van der Waals surface area contributed by atoms with Crippen LogP contribution in [0.15, 0.2) is 85.4 Å². The van der Waals surface area contributed by atoms with E-state index >= 15 is 0 Å². The van der Waals surface area contributed by atoms with Gasteiger partial charge in [0.25, 0.3) is 0 Å². The smallest absolute Gasteiger partial charge is 0.139 e. The number of rotatable bonds is 4. The van der Waals surface area contributed by atoms with Crippen LogP contribution in [-0.4, -0.2) is 9.97 Å². The number of aromatic nitrogens is 2. The summed E-state index contributed by atoms with van der Waals surface area (Å²) in [6.45, 7) is 4.33. The molecule has 0 radical (unpaired) electrons. The largest absolute Gasteiger partial charge is 0.338 e. The fourth-order valence-corrected chi connectivity index (χ4v) is 3.03. The van der Waals surface area contributed by atoms with E-state index < -0.39 is 0 Å². The van der Waals surface area contributed by atoms with Gasteiger partial charge in [0.15, 0.2) is 0 Å². The van der Waals surface area contributed by atoms with E-state index in [1.807, 2.05) is 66.7 Å². The molecule has 0 spiro atoms. The fraction of sp³-hybridized carbons (Fsp3) is 0. The molecular weight excluding hydrogens is 340 g/mol. The number of imidazole rings is 1. The minimum absolute atomic E-state index is 0.717. The van der Waals surface area contributed by atoms with Crippen molar-refractivity contribution >= 4 is 39.9 Å². The highest BCUT2D eigenvalue weighted by atomic mass is 35.5. The minimum Gasteiger partial charge on any atom is -0.338 e. The number of hydrogen-bond acceptors (Lipinski definition) is 1. The first-order valence-electron chi connectivity index (χ1n) is 8.38. The summed E-state index contributed by atoms with van der Waals surface area (Å²) in [4.78, 5) is 8.17. The molecule has 0 amide bonds. The molecule has 126 valence electrons. The maximum atomic E-state index is 6.02. The Bertz CT molecular complexity index is 1060. The van der Waals surface area contributed by atoms with Crippen molar-refractivity contribution in [3.8, 4) is 0 Å². The highest BCUT2D eigenvalue weighted by Gasteiger charge is 2.13. The monoisotopic (exact) mass is 356 g/mol. The molecule has 0 saturated heterocycles. The van der Waals surface area contributed by atoms with Gasteiger partial charge in [-0.3, -0.25) is 0 Å². The van der Waals surface area contributed by atoms with E-state index in [0.717, 1.165) is 39.1 Å². The summed E-state index contributed by atoms with van der Waals surface area (Å²) < 4.78 is 0. The van der Waals surface area contributed by atoms with E-state index in [9.17, 15) is 0 Å². The first-order valence-corrected chi connectivity index (χ1v) is 8.75. The number of benzene rings is 3. The topological polar surface area (TPSA) is 28.7 Å². The number of fused-ring (bicyclic) bond motifs is 1. The molecule has 4 rings (SSSR count). The Kier molecular flexibility index (Phi) is 4.42. The number of nitrogens with one attached hydrogen (secondary N) is 1. The molecule has 0 bridgehead atoms. The Morgan fingerprint density at radius 2 is 1.58 bits per heavy atom. The molecule has 0 aliphatic rings. The van der Waals surface area contributed by atoms with Crippen LogP contribution >= 0.6 is 11.6 Å². The Hall–Kier alpha value is -3.10. The van der Waals surface area contributed by atoms with Crippen molar-refractivity contribution < 1.29 is 0 Å². The lowest BCUT2D eigenvalue weighted by molar-refractivity contribution is 1.28. The van der Waals surface area contributed by atoms with Crippen molar-refractivity contribution in [1.29, 1.82) is 0 Å². The summed E-state index contributed by atoms with van der Waals surface area (Å²) in [6.07, 6.45) is 2.09. The molecule has 26 heavy (non-hydrogen) atoms. The number of hydrogen-bond donors (Lipinski definition) is 1. The molecule has 0 atom stereocenters. The number of allylic oxidation sites excluding steroid dienone is 2. The number of halogens is 1. The predicted octanol–water partition coefficient (Wildman–Crippen LogP) is 6.47. The van der Waals surface area contributed by atoms with Crippen molar-refractivity contribution in [1.82, 2.24) is 9.97 Å². The lowest BCUT2D eigenvalue weighted by atomic mass is 9.97. The van der Waals surface area contributed by atoms with E-state index in [2.05, 4.69) is 29.8 Å². The number of nitrogens with zero attached hydrogens (tertiary/aromatic N) is 1. The van der Waals surface area contributed by atoms with Gasteiger partial charge in [-0.15, -0.1) is 0 Å². The van der Waals surface area contributed by atoms with Crippen LogP contribution in [0.4, 0.5) is 0 Å². The summed E-state index contributed by atoms with van der Waals surface area (Å²) in [6, 6.07) is 25.9. The van der Waals surface area contributed by atoms with Gasteiger partial charge in [-0.05, 0) is 47.0 Å². The average molecular weight is 357 g/mol. The molecule has 0 aliphatic carbocycles. The third-order valence-corrected chi connectivity index (χ3v) is 4.52. The molecule has 1 N–H and O–H groups in total. The van der Waals surface area contributed by atoms with Gasteiger partial charge in [-0.2, -0.15) is 0 Å². The molecule has 3 heteroatoms. The van der Waals surface area contributed by atoms with Crippen LogP contribution < -0.4 is 0 Å². The highest BCUT2D eigenvalue weighted by molar-refractivity contribution is 6.30. The van der Waals surface area contributed by atoms with Gasteiger partial charge >= 0.3 is 0 Å². The number of H-pyrrole nitrogens is 1. The maximum absolute atomic E-state index is 6.02. The van der Waals surface area contributed by atoms with Gasteiger partial charge in [0, 0.05) is 10.6 Å². The first kappa shape index (κ1) is 16.4. The lowest BCUT2D eigenvalue weighted by Crippen LogP contribution is -1.92. The second kappa shape index (κ2) is 7.03. The van der Waals surface area contributed by atoms with Gasteiger partial charge < -0.3 is 4.98 Å². The Balaban J connectivity index is 1.85. The number of para-hydroxylation sites is 2. The molecule has 0 fully saturated rings. The van der Waals surface area contributed by atoms with E-state index in [1.165, 1.54) is 0 Å². The van der Waals surface area contributed by atoms with Gasteiger partial charge in [0.2, 0.25) is 0 Å². The first-order chi connectivity index (χ1) is 12.7. The summed E-state index contributed by atoms with van der Waals surface area (Å²) in [5.41, 5.74) is 5.92. The predicted molar refractivity (Wildman–Crippen MR) is 111 cm³/mol. The molecule has 4 aromatic rings. The van der Waals surface area contributed by atoms with E-state index in [-0.39, 0.29) is 0 Å². The van der Waals surface area contributed by atoms with E-state index in [1.54, 1.807) is 0 Å². The average Bonchev–Trinajstić information content (AvgIpc) is 3.11. The summed E-state index contributed by atoms with van der Waals surface area (Å²) >= 11 is 6.02. The lowest BCUT2D eigenvalue weighted by Gasteiger charge is -2.10. The molecular formula is C23H17ClN2. The second-order valence-corrected chi connectivity index (χ2v) is 6.49. The summed E-state index contributed by atoms with van der Waals surface area (Å²) in [7, 11) is 0. The van der Waals surface area contributed by atoms with Gasteiger partial charge in [-0.25, -0.2) is 4.98 Å². The molecule has 0 saturated carbocycles. The third kappa shape index (κ3) is 3.32. The van der Waals surface area contributed by atoms with Crippen molar-refractivity contribution in [2.75, 3.05) is 0 Å².